The van der Waals surface area contributed by atoms with Crippen LogP contribution in [-0.2, 0) is 15.8 Å². The molecule has 0 bridgehead atoms. The third kappa shape index (κ3) is 4.33. The molecule has 1 saturated heterocycles. The number of nitrogens with zero attached hydrogens (tertiary/aromatic N) is 1. The zero-order valence-corrected chi connectivity index (χ0v) is 14.1. The third-order valence-electron chi connectivity index (χ3n) is 4.10. The summed E-state index contributed by atoms with van der Waals surface area (Å²) in [6, 6.07) is 15.1. The van der Waals surface area contributed by atoms with Crippen molar-refractivity contribution in [2.75, 3.05) is 13.1 Å². The smallest absolute Gasteiger partial charge is 0.218 e. The van der Waals surface area contributed by atoms with Crippen LogP contribution in [0.15, 0.2) is 54.6 Å². The zero-order chi connectivity index (χ0) is 17.0. The fourth-order valence-electron chi connectivity index (χ4n) is 2.81. The first kappa shape index (κ1) is 16.9. The molecule has 0 aromatic heterocycles. The van der Waals surface area contributed by atoms with Crippen LogP contribution in [0.5, 0.6) is 5.75 Å². The molecule has 0 amide bonds. The molecule has 1 aliphatic heterocycles. The van der Waals surface area contributed by atoms with E-state index in [9.17, 15) is 12.8 Å². The number of ether oxygens (including phenoxy) is 1. The summed E-state index contributed by atoms with van der Waals surface area (Å²) in [4.78, 5) is 0. The van der Waals surface area contributed by atoms with E-state index in [1.807, 2.05) is 30.3 Å². The van der Waals surface area contributed by atoms with E-state index >= 15 is 0 Å². The molecule has 1 heterocycles. The summed E-state index contributed by atoms with van der Waals surface area (Å²) in [7, 11) is -3.31. The van der Waals surface area contributed by atoms with E-state index in [1.165, 1.54) is 16.4 Å². The van der Waals surface area contributed by atoms with E-state index in [0.717, 1.165) is 5.56 Å². The van der Waals surface area contributed by atoms with E-state index < -0.39 is 10.0 Å². The number of benzene rings is 2. The summed E-state index contributed by atoms with van der Waals surface area (Å²) in [5.74, 6) is 0.336. The Morgan fingerprint density at radius 2 is 1.62 bits per heavy atom. The highest BCUT2D eigenvalue weighted by Gasteiger charge is 2.28. The maximum absolute atomic E-state index is 12.9. The van der Waals surface area contributed by atoms with E-state index in [1.54, 1.807) is 12.1 Å². The van der Waals surface area contributed by atoms with Crippen molar-refractivity contribution in [3.8, 4) is 5.75 Å². The van der Waals surface area contributed by atoms with Crippen molar-refractivity contribution in [1.82, 2.24) is 4.31 Å². The van der Waals surface area contributed by atoms with Gasteiger partial charge >= 0.3 is 0 Å². The second-order valence-electron chi connectivity index (χ2n) is 5.91. The lowest BCUT2D eigenvalue weighted by molar-refractivity contribution is 0.135. The van der Waals surface area contributed by atoms with Crippen LogP contribution in [0.1, 0.15) is 18.4 Å². The SMILES string of the molecule is O=S(=O)(Cc1ccccc1)N1CCC(Oc2ccc(F)cc2)CC1. The molecule has 0 saturated carbocycles. The van der Waals surface area contributed by atoms with Crippen LogP contribution in [0.2, 0.25) is 0 Å². The normalized spacial score (nSPS) is 16.9. The van der Waals surface area contributed by atoms with Gasteiger partial charge in [0.1, 0.15) is 17.7 Å². The van der Waals surface area contributed by atoms with Gasteiger partial charge < -0.3 is 4.74 Å². The van der Waals surface area contributed by atoms with Crippen molar-refractivity contribution in [2.45, 2.75) is 24.7 Å². The molecule has 0 unspecified atom stereocenters. The largest absolute Gasteiger partial charge is 0.490 e. The molecule has 128 valence electrons. The quantitative estimate of drug-likeness (QED) is 0.833. The Morgan fingerprint density at radius 1 is 1.00 bits per heavy atom. The molecule has 0 N–H and O–H groups in total. The average molecular weight is 349 g/mol. The fourth-order valence-corrected chi connectivity index (χ4v) is 4.37. The topological polar surface area (TPSA) is 46.6 Å². The van der Waals surface area contributed by atoms with Gasteiger partial charge in [0.25, 0.3) is 0 Å². The van der Waals surface area contributed by atoms with Gasteiger partial charge in [0.05, 0.1) is 5.75 Å². The summed E-state index contributed by atoms with van der Waals surface area (Å²) in [5, 5.41) is 0. The minimum absolute atomic E-state index is 0.0251. The zero-order valence-electron chi connectivity index (χ0n) is 13.3. The van der Waals surface area contributed by atoms with Gasteiger partial charge in [0.15, 0.2) is 0 Å². The first-order chi connectivity index (χ1) is 11.5. The minimum Gasteiger partial charge on any atom is -0.490 e. The van der Waals surface area contributed by atoms with E-state index in [-0.39, 0.29) is 17.7 Å². The monoisotopic (exact) mass is 349 g/mol. The number of halogens is 1. The first-order valence-corrected chi connectivity index (χ1v) is 9.58. The van der Waals surface area contributed by atoms with Crippen LogP contribution in [0.4, 0.5) is 4.39 Å². The van der Waals surface area contributed by atoms with Gasteiger partial charge in [0, 0.05) is 13.1 Å². The van der Waals surface area contributed by atoms with Gasteiger partial charge in [-0.05, 0) is 42.7 Å². The molecule has 0 aliphatic carbocycles. The number of rotatable bonds is 5. The fraction of sp³-hybridized carbons (Fsp3) is 0.333. The minimum atomic E-state index is -3.31. The molecule has 3 rings (SSSR count). The third-order valence-corrected chi connectivity index (χ3v) is 5.95. The van der Waals surface area contributed by atoms with Gasteiger partial charge in [0.2, 0.25) is 10.0 Å². The molecule has 6 heteroatoms. The van der Waals surface area contributed by atoms with Crippen LogP contribution in [0.3, 0.4) is 0 Å². The molecule has 1 fully saturated rings. The molecule has 2 aromatic rings. The molecule has 4 nitrogen and oxygen atoms in total. The van der Waals surface area contributed by atoms with Crippen LogP contribution in [0, 0.1) is 5.82 Å². The van der Waals surface area contributed by atoms with Crippen molar-refractivity contribution in [3.05, 3.63) is 66.0 Å². The molecule has 0 spiro atoms. The van der Waals surface area contributed by atoms with E-state index in [2.05, 4.69) is 0 Å². The number of hydrogen-bond acceptors (Lipinski definition) is 3. The lowest BCUT2D eigenvalue weighted by Gasteiger charge is -2.31. The number of sulfonamides is 1. The highest BCUT2D eigenvalue weighted by Crippen LogP contribution is 2.22. The summed E-state index contributed by atoms with van der Waals surface area (Å²) in [6.45, 7) is 0.891. The average Bonchev–Trinajstić information content (AvgIpc) is 2.58. The molecule has 1 aliphatic rings. The second-order valence-corrected chi connectivity index (χ2v) is 7.88. The van der Waals surface area contributed by atoms with Crippen LogP contribution < -0.4 is 4.74 Å². The van der Waals surface area contributed by atoms with Gasteiger partial charge in [-0.15, -0.1) is 0 Å². The Bertz CT molecular complexity index is 755. The molecule has 24 heavy (non-hydrogen) atoms. The van der Waals surface area contributed by atoms with Gasteiger partial charge in [-0.1, -0.05) is 30.3 Å². The van der Waals surface area contributed by atoms with Gasteiger partial charge in [-0.3, -0.25) is 0 Å². The van der Waals surface area contributed by atoms with Crippen LogP contribution in [-0.4, -0.2) is 31.9 Å². The Morgan fingerprint density at radius 3 is 2.25 bits per heavy atom. The Kier molecular flexibility index (Phi) is 5.16. The predicted octanol–water partition coefficient (Wildman–Crippen LogP) is 3.20. The molecule has 0 radical (unpaired) electrons. The summed E-state index contributed by atoms with van der Waals surface area (Å²) < 4.78 is 45.2. The van der Waals surface area contributed by atoms with Gasteiger partial charge in [-0.2, -0.15) is 0 Å². The van der Waals surface area contributed by atoms with Crippen molar-refractivity contribution < 1.29 is 17.5 Å². The number of hydrogen-bond donors (Lipinski definition) is 0. The van der Waals surface area contributed by atoms with Crippen molar-refractivity contribution in [1.29, 1.82) is 0 Å². The molecular formula is C18H20FNO3S. The lowest BCUT2D eigenvalue weighted by Crippen LogP contribution is -2.42. The van der Waals surface area contributed by atoms with Crippen LogP contribution in [0.25, 0.3) is 0 Å². The van der Waals surface area contributed by atoms with Crippen molar-refractivity contribution in [2.24, 2.45) is 0 Å². The summed E-state index contributed by atoms with van der Waals surface area (Å²) >= 11 is 0. The van der Waals surface area contributed by atoms with Crippen LogP contribution >= 0.6 is 0 Å². The molecular weight excluding hydrogens is 329 g/mol. The van der Waals surface area contributed by atoms with Crippen molar-refractivity contribution >= 4 is 10.0 Å². The standard InChI is InChI=1S/C18H20FNO3S/c19-16-6-8-17(9-7-16)23-18-10-12-20(13-11-18)24(21,22)14-15-4-2-1-3-5-15/h1-9,18H,10-14H2. The predicted molar refractivity (Wildman–Crippen MR) is 90.7 cm³/mol. The maximum atomic E-state index is 12.9. The summed E-state index contributed by atoms with van der Waals surface area (Å²) in [5.41, 5.74) is 0.794. The summed E-state index contributed by atoms with van der Waals surface area (Å²) in [6.07, 6.45) is 1.22. The molecule has 2 aromatic carbocycles. The molecule has 0 atom stereocenters. The maximum Gasteiger partial charge on any atom is 0.218 e. The Labute approximate surface area is 141 Å². The highest BCUT2D eigenvalue weighted by atomic mass is 32.2. The second kappa shape index (κ2) is 7.32. The Hall–Kier alpha value is -1.92. The van der Waals surface area contributed by atoms with E-state index in [0.29, 0.717) is 31.7 Å². The number of piperidine rings is 1. The first-order valence-electron chi connectivity index (χ1n) is 7.97. The highest BCUT2D eigenvalue weighted by molar-refractivity contribution is 7.88. The van der Waals surface area contributed by atoms with Crippen molar-refractivity contribution in [3.63, 3.8) is 0 Å². The van der Waals surface area contributed by atoms with Gasteiger partial charge in [-0.25, -0.2) is 17.1 Å². The van der Waals surface area contributed by atoms with E-state index in [4.69, 9.17) is 4.74 Å². The Balaban J connectivity index is 1.55. The lowest BCUT2D eigenvalue weighted by atomic mass is 10.1.